The van der Waals surface area contributed by atoms with Crippen molar-refractivity contribution in [3.63, 3.8) is 0 Å². The summed E-state index contributed by atoms with van der Waals surface area (Å²) < 4.78 is 0. The van der Waals surface area contributed by atoms with Crippen LogP contribution < -0.4 is 16.4 Å². The zero-order valence-electron chi connectivity index (χ0n) is 13.3. The Bertz CT molecular complexity index is 384. The van der Waals surface area contributed by atoms with E-state index >= 15 is 0 Å². The monoisotopic (exact) mass is 301 g/mol. The van der Waals surface area contributed by atoms with Gasteiger partial charge in [0.25, 0.3) is 0 Å². The number of carboxylic acid groups (broad SMARTS) is 1. The molecule has 0 saturated carbocycles. The van der Waals surface area contributed by atoms with Gasteiger partial charge in [-0.2, -0.15) is 0 Å². The molecule has 0 fully saturated rings. The molecule has 7 nitrogen and oxygen atoms in total. The van der Waals surface area contributed by atoms with Gasteiger partial charge in [0.1, 0.15) is 12.1 Å². The van der Waals surface area contributed by atoms with Gasteiger partial charge in [-0.15, -0.1) is 0 Å². The molecule has 0 rings (SSSR count). The lowest BCUT2D eigenvalue weighted by atomic mass is 9.99. The minimum atomic E-state index is -1.10. The summed E-state index contributed by atoms with van der Waals surface area (Å²) in [5, 5.41) is 13.9. The summed E-state index contributed by atoms with van der Waals surface area (Å²) in [6, 6.07) is -2.51. The van der Waals surface area contributed by atoms with E-state index in [-0.39, 0.29) is 11.8 Å². The van der Waals surface area contributed by atoms with Crippen LogP contribution in [-0.2, 0) is 14.4 Å². The number of hydrogen-bond donors (Lipinski definition) is 4. The van der Waals surface area contributed by atoms with Crippen molar-refractivity contribution in [2.24, 2.45) is 17.6 Å². The number of carboxylic acids is 1. The first-order valence-electron chi connectivity index (χ1n) is 7.20. The van der Waals surface area contributed by atoms with E-state index in [2.05, 4.69) is 10.6 Å². The van der Waals surface area contributed by atoms with Gasteiger partial charge in [0.2, 0.25) is 11.8 Å². The molecule has 4 atom stereocenters. The fourth-order valence-corrected chi connectivity index (χ4v) is 1.68. The van der Waals surface area contributed by atoms with Crippen LogP contribution in [0.5, 0.6) is 0 Å². The molecule has 0 radical (unpaired) electrons. The van der Waals surface area contributed by atoms with E-state index in [9.17, 15) is 14.4 Å². The molecule has 0 heterocycles. The third-order valence-electron chi connectivity index (χ3n) is 3.54. The van der Waals surface area contributed by atoms with E-state index in [1.165, 1.54) is 6.92 Å². The predicted octanol–water partition coefficient (Wildman–Crippen LogP) is 0.0899. The number of nitrogens with one attached hydrogen (secondary N) is 2. The van der Waals surface area contributed by atoms with E-state index in [0.717, 1.165) is 6.42 Å². The number of amides is 2. The highest BCUT2D eigenvalue weighted by atomic mass is 16.4. The molecule has 0 aromatic heterocycles. The maximum atomic E-state index is 11.9. The summed E-state index contributed by atoms with van der Waals surface area (Å²) in [5.41, 5.74) is 5.78. The summed E-state index contributed by atoms with van der Waals surface area (Å²) >= 11 is 0. The maximum absolute atomic E-state index is 11.9. The smallest absolute Gasteiger partial charge is 0.326 e. The van der Waals surface area contributed by atoms with Crippen LogP contribution in [-0.4, -0.2) is 41.0 Å². The molecule has 0 aromatic rings. The van der Waals surface area contributed by atoms with Gasteiger partial charge in [-0.1, -0.05) is 34.1 Å². The van der Waals surface area contributed by atoms with Gasteiger partial charge in [-0.05, 0) is 18.8 Å². The van der Waals surface area contributed by atoms with Crippen LogP contribution in [0, 0.1) is 11.8 Å². The largest absolute Gasteiger partial charge is 0.480 e. The molecule has 0 aromatic carbocycles. The highest BCUT2D eigenvalue weighted by Gasteiger charge is 2.28. The van der Waals surface area contributed by atoms with Crippen molar-refractivity contribution in [1.29, 1.82) is 0 Å². The van der Waals surface area contributed by atoms with Crippen molar-refractivity contribution in [2.45, 2.75) is 59.2 Å². The topological polar surface area (TPSA) is 122 Å². The van der Waals surface area contributed by atoms with Crippen molar-refractivity contribution in [3.8, 4) is 0 Å². The van der Waals surface area contributed by atoms with Gasteiger partial charge in [-0.3, -0.25) is 9.59 Å². The predicted molar refractivity (Wildman–Crippen MR) is 79.4 cm³/mol. The van der Waals surface area contributed by atoms with Crippen LogP contribution in [0.4, 0.5) is 0 Å². The first kappa shape index (κ1) is 19.4. The average molecular weight is 301 g/mol. The lowest BCUT2D eigenvalue weighted by molar-refractivity contribution is -0.143. The molecular weight excluding hydrogens is 274 g/mol. The van der Waals surface area contributed by atoms with Crippen molar-refractivity contribution in [3.05, 3.63) is 0 Å². The Morgan fingerprint density at radius 2 is 1.57 bits per heavy atom. The first-order chi connectivity index (χ1) is 9.61. The fourth-order valence-electron chi connectivity index (χ4n) is 1.68. The molecule has 0 saturated heterocycles. The quantitative estimate of drug-likeness (QED) is 0.506. The molecule has 0 aliphatic rings. The van der Waals surface area contributed by atoms with E-state index in [1.54, 1.807) is 13.8 Å². The Morgan fingerprint density at radius 1 is 1.05 bits per heavy atom. The molecule has 21 heavy (non-hydrogen) atoms. The van der Waals surface area contributed by atoms with E-state index in [4.69, 9.17) is 10.8 Å². The van der Waals surface area contributed by atoms with E-state index in [1.807, 2.05) is 13.8 Å². The zero-order valence-corrected chi connectivity index (χ0v) is 13.3. The number of hydrogen-bond acceptors (Lipinski definition) is 4. The van der Waals surface area contributed by atoms with Gasteiger partial charge in [-0.25, -0.2) is 4.79 Å². The molecule has 5 N–H and O–H groups in total. The Hall–Kier alpha value is -1.63. The minimum absolute atomic E-state index is 0.00249. The van der Waals surface area contributed by atoms with E-state index < -0.39 is 35.9 Å². The number of carbonyl (C=O) groups is 3. The molecule has 0 aliphatic heterocycles. The lowest BCUT2D eigenvalue weighted by Crippen LogP contribution is -2.55. The molecule has 7 heteroatoms. The third-order valence-corrected chi connectivity index (χ3v) is 3.54. The van der Waals surface area contributed by atoms with Crippen molar-refractivity contribution in [2.75, 3.05) is 0 Å². The van der Waals surface area contributed by atoms with Crippen LogP contribution in [0.15, 0.2) is 0 Å². The highest BCUT2D eigenvalue weighted by Crippen LogP contribution is 2.06. The molecule has 0 aliphatic carbocycles. The van der Waals surface area contributed by atoms with Gasteiger partial charge in [0.05, 0.1) is 6.04 Å². The Labute approximate surface area is 125 Å². The van der Waals surface area contributed by atoms with Crippen molar-refractivity contribution >= 4 is 17.8 Å². The SMILES string of the molecule is CCC(C)C(N)C(=O)NC(C)C(=O)NC(C(=O)O)C(C)C. The normalized spacial score (nSPS) is 16.7. The lowest BCUT2D eigenvalue weighted by Gasteiger charge is -2.23. The zero-order chi connectivity index (χ0) is 16.7. The fraction of sp³-hybridized carbons (Fsp3) is 0.786. The summed E-state index contributed by atoms with van der Waals surface area (Å²) in [6.45, 7) is 8.67. The molecule has 0 spiro atoms. The van der Waals surface area contributed by atoms with Crippen LogP contribution in [0.3, 0.4) is 0 Å². The van der Waals surface area contributed by atoms with Crippen molar-refractivity contribution < 1.29 is 19.5 Å². The van der Waals surface area contributed by atoms with Gasteiger partial charge < -0.3 is 21.5 Å². The molecule has 2 amide bonds. The van der Waals surface area contributed by atoms with Crippen LogP contribution in [0.1, 0.15) is 41.0 Å². The molecule has 122 valence electrons. The average Bonchev–Trinajstić information content (AvgIpc) is 2.41. The first-order valence-corrected chi connectivity index (χ1v) is 7.20. The van der Waals surface area contributed by atoms with Crippen LogP contribution in [0.25, 0.3) is 0 Å². The Morgan fingerprint density at radius 3 is 1.95 bits per heavy atom. The minimum Gasteiger partial charge on any atom is -0.480 e. The number of nitrogens with two attached hydrogens (primary N) is 1. The summed E-state index contributed by atoms with van der Waals surface area (Å²) in [7, 11) is 0. The molecule has 0 bridgehead atoms. The second-order valence-corrected chi connectivity index (χ2v) is 5.71. The van der Waals surface area contributed by atoms with Crippen LogP contribution >= 0.6 is 0 Å². The van der Waals surface area contributed by atoms with Gasteiger partial charge in [0, 0.05) is 0 Å². The van der Waals surface area contributed by atoms with Gasteiger partial charge in [0.15, 0.2) is 0 Å². The highest BCUT2D eigenvalue weighted by molar-refractivity contribution is 5.91. The van der Waals surface area contributed by atoms with Crippen molar-refractivity contribution in [1.82, 2.24) is 10.6 Å². The Kier molecular flexibility index (Phi) is 7.94. The van der Waals surface area contributed by atoms with E-state index in [0.29, 0.717) is 0 Å². The summed E-state index contributed by atoms with van der Waals surface area (Å²) in [5.74, 6) is -2.31. The molecular formula is C14H27N3O4. The number of aliphatic carboxylic acids is 1. The number of carbonyl (C=O) groups excluding carboxylic acids is 2. The molecule has 4 unspecified atom stereocenters. The van der Waals surface area contributed by atoms with Crippen LogP contribution in [0.2, 0.25) is 0 Å². The second-order valence-electron chi connectivity index (χ2n) is 5.71. The Balaban J connectivity index is 4.58. The third kappa shape index (κ3) is 6.12. The summed E-state index contributed by atoms with van der Waals surface area (Å²) in [4.78, 5) is 34.8. The number of rotatable bonds is 8. The standard InChI is InChI=1S/C14H27N3O4/c1-6-8(4)10(15)13(19)16-9(5)12(18)17-11(7(2)3)14(20)21/h7-11H,6,15H2,1-5H3,(H,16,19)(H,17,18)(H,20,21). The van der Waals surface area contributed by atoms with Gasteiger partial charge >= 0.3 is 5.97 Å². The second kappa shape index (κ2) is 8.61. The maximum Gasteiger partial charge on any atom is 0.326 e. The summed E-state index contributed by atoms with van der Waals surface area (Å²) in [6.07, 6.45) is 0.754.